The van der Waals surface area contributed by atoms with Crippen LogP contribution in [0.4, 0.5) is 20.4 Å². The highest BCUT2D eigenvalue weighted by molar-refractivity contribution is 7.91. The van der Waals surface area contributed by atoms with E-state index < -0.39 is 22.0 Å². The molecule has 2 atom stereocenters. The Kier molecular flexibility index (Phi) is 9.73. The Labute approximate surface area is 236 Å². The molecular weight excluding hydrogens is 554 g/mol. The molecule has 0 radical (unpaired) electrons. The number of carbonyl (C=O) groups is 1. The molecule has 0 bridgehead atoms. The molecule has 0 unspecified atom stereocenters. The highest BCUT2D eigenvalue weighted by Crippen LogP contribution is 2.28. The number of anilines is 2. The molecule has 4 aromatic rings. The summed E-state index contributed by atoms with van der Waals surface area (Å²) in [4.78, 5) is 22.0. The van der Waals surface area contributed by atoms with Gasteiger partial charge in [0.25, 0.3) is 6.47 Å². The van der Waals surface area contributed by atoms with Gasteiger partial charge in [0.1, 0.15) is 17.5 Å². The topological polar surface area (TPSA) is 146 Å². The lowest BCUT2D eigenvalue weighted by Crippen LogP contribution is -2.44. The van der Waals surface area contributed by atoms with E-state index in [0.29, 0.717) is 59.7 Å². The van der Waals surface area contributed by atoms with Gasteiger partial charge in [-0.05, 0) is 35.7 Å². The van der Waals surface area contributed by atoms with Crippen molar-refractivity contribution in [2.45, 2.75) is 37.7 Å². The SMILES string of the molecule is CCc1cc(-c2ccc(NS(=O)(=O)Cc3ccccc3)c(F)c2)nc2cnc(N[C@@H]3CNC[C@@H](F)C3)nc12.O=CO. The lowest BCUT2D eigenvalue weighted by molar-refractivity contribution is -0.122. The van der Waals surface area contributed by atoms with Gasteiger partial charge in [0.2, 0.25) is 16.0 Å². The van der Waals surface area contributed by atoms with Gasteiger partial charge in [0, 0.05) is 31.1 Å². The number of aryl methyl sites for hydroxylation is 1. The molecule has 41 heavy (non-hydrogen) atoms. The van der Waals surface area contributed by atoms with Gasteiger partial charge in [-0.15, -0.1) is 0 Å². The largest absolute Gasteiger partial charge is 0.483 e. The highest BCUT2D eigenvalue weighted by Gasteiger charge is 2.22. The standard InChI is InChI=1S/C27H28F2N6O2S.CH2O2/c1-2-18-11-24(33-25-15-31-27(34-26(18)25)32-21-12-20(28)13-30-14-21)19-8-9-23(22(29)10-19)35-38(36,37)16-17-6-4-3-5-7-17;2-1-3/h3-11,15,20-21,30,35H,2,12-14,16H2,1H3,(H,31,32,34);1H,(H,2,3)/t20-,21-;/m0./s1. The van der Waals surface area contributed by atoms with Gasteiger partial charge < -0.3 is 15.7 Å². The van der Waals surface area contributed by atoms with E-state index in [2.05, 4.69) is 30.3 Å². The van der Waals surface area contributed by atoms with Crippen molar-refractivity contribution in [1.82, 2.24) is 20.3 Å². The fraction of sp³-hybridized carbons (Fsp3) is 0.286. The lowest BCUT2D eigenvalue weighted by atomic mass is 10.1. The van der Waals surface area contributed by atoms with E-state index in [1.807, 2.05) is 13.0 Å². The average molecular weight is 585 g/mol. The molecule has 216 valence electrons. The van der Waals surface area contributed by atoms with Crippen LogP contribution in [0.15, 0.2) is 60.8 Å². The van der Waals surface area contributed by atoms with Gasteiger partial charge in [-0.2, -0.15) is 0 Å². The number of piperidine rings is 1. The molecule has 3 heterocycles. The number of fused-ring (bicyclic) bond motifs is 1. The van der Waals surface area contributed by atoms with Crippen LogP contribution in [0.1, 0.15) is 24.5 Å². The van der Waals surface area contributed by atoms with Crippen molar-refractivity contribution >= 4 is 39.2 Å². The van der Waals surface area contributed by atoms with Crippen molar-refractivity contribution in [2.75, 3.05) is 23.1 Å². The van der Waals surface area contributed by atoms with Gasteiger partial charge in [0.05, 0.1) is 28.8 Å². The van der Waals surface area contributed by atoms with E-state index in [1.165, 1.54) is 12.1 Å². The second-order valence-corrected chi connectivity index (χ2v) is 11.1. The number of halogens is 2. The second-order valence-electron chi connectivity index (χ2n) is 9.43. The first-order valence-corrected chi connectivity index (χ1v) is 14.6. The Morgan fingerprint density at radius 2 is 1.88 bits per heavy atom. The van der Waals surface area contributed by atoms with Gasteiger partial charge in [0.15, 0.2) is 0 Å². The number of sulfonamides is 1. The fourth-order valence-electron chi connectivity index (χ4n) is 4.51. The minimum Gasteiger partial charge on any atom is -0.483 e. The van der Waals surface area contributed by atoms with E-state index in [4.69, 9.17) is 9.90 Å². The van der Waals surface area contributed by atoms with E-state index >= 15 is 0 Å². The predicted molar refractivity (Wildman–Crippen MR) is 153 cm³/mol. The molecule has 1 aliphatic rings. The van der Waals surface area contributed by atoms with Crippen LogP contribution in [0.2, 0.25) is 0 Å². The third-order valence-corrected chi connectivity index (χ3v) is 7.61. The summed E-state index contributed by atoms with van der Waals surface area (Å²) in [6.07, 6.45) is 1.72. The summed E-state index contributed by atoms with van der Waals surface area (Å²) in [5.74, 6) is -0.563. The number of hydrogen-bond acceptors (Lipinski definition) is 8. The van der Waals surface area contributed by atoms with Crippen LogP contribution in [0, 0.1) is 5.82 Å². The molecule has 2 aromatic heterocycles. The van der Waals surface area contributed by atoms with Crippen LogP contribution in [0.25, 0.3) is 22.3 Å². The minimum absolute atomic E-state index is 0.111. The van der Waals surface area contributed by atoms with E-state index in [1.54, 1.807) is 42.6 Å². The van der Waals surface area contributed by atoms with Gasteiger partial charge in [-0.25, -0.2) is 32.2 Å². The maximum atomic E-state index is 15.0. The number of nitrogens with zero attached hydrogens (tertiary/aromatic N) is 3. The number of carboxylic acid groups (broad SMARTS) is 1. The number of nitrogens with one attached hydrogen (secondary N) is 3. The summed E-state index contributed by atoms with van der Waals surface area (Å²) in [6.45, 7) is 2.71. The highest BCUT2D eigenvalue weighted by atomic mass is 32.2. The number of benzene rings is 2. The van der Waals surface area contributed by atoms with Gasteiger partial charge >= 0.3 is 0 Å². The third kappa shape index (κ3) is 7.92. The number of pyridine rings is 1. The van der Waals surface area contributed by atoms with Crippen LogP contribution in [-0.4, -0.2) is 60.3 Å². The summed E-state index contributed by atoms with van der Waals surface area (Å²) < 4.78 is 56.1. The average Bonchev–Trinajstić information content (AvgIpc) is 2.94. The quantitative estimate of drug-likeness (QED) is 0.224. The summed E-state index contributed by atoms with van der Waals surface area (Å²) in [7, 11) is -3.80. The summed E-state index contributed by atoms with van der Waals surface area (Å²) in [5.41, 5.74) is 3.60. The number of hydrogen-bond donors (Lipinski definition) is 4. The molecule has 0 spiro atoms. The Morgan fingerprint density at radius 1 is 1.12 bits per heavy atom. The number of rotatable bonds is 8. The second kappa shape index (κ2) is 13.4. The Hall–Kier alpha value is -4.23. The molecular formula is C28H30F2N6O4S. The van der Waals surface area contributed by atoms with Crippen LogP contribution in [0.3, 0.4) is 0 Å². The molecule has 0 amide bonds. The molecule has 2 aromatic carbocycles. The summed E-state index contributed by atoms with van der Waals surface area (Å²) in [6, 6.07) is 14.7. The third-order valence-electron chi connectivity index (χ3n) is 6.37. The maximum absolute atomic E-state index is 15.0. The van der Waals surface area contributed by atoms with Crippen molar-refractivity contribution < 1.29 is 27.1 Å². The van der Waals surface area contributed by atoms with Crippen LogP contribution < -0.4 is 15.4 Å². The zero-order chi connectivity index (χ0) is 29.4. The minimum atomic E-state index is -3.80. The van der Waals surface area contributed by atoms with E-state index in [-0.39, 0.29) is 24.0 Å². The van der Waals surface area contributed by atoms with E-state index in [0.717, 1.165) is 5.56 Å². The summed E-state index contributed by atoms with van der Waals surface area (Å²) in [5, 5.41) is 13.1. The summed E-state index contributed by atoms with van der Waals surface area (Å²) >= 11 is 0. The first-order valence-electron chi connectivity index (χ1n) is 12.9. The van der Waals surface area contributed by atoms with Crippen LogP contribution in [-0.2, 0) is 27.0 Å². The Bertz CT molecular complexity index is 1610. The van der Waals surface area contributed by atoms with Crippen LogP contribution >= 0.6 is 0 Å². The van der Waals surface area contributed by atoms with Crippen molar-refractivity contribution in [3.05, 3.63) is 77.7 Å². The molecule has 5 rings (SSSR count). The fourth-order valence-corrected chi connectivity index (χ4v) is 5.72. The Morgan fingerprint density at radius 3 is 2.56 bits per heavy atom. The van der Waals surface area contributed by atoms with Crippen molar-refractivity contribution in [1.29, 1.82) is 0 Å². The zero-order valence-corrected chi connectivity index (χ0v) is 23.0. The molecule has 1 saturated heterocycles. The first kappa shape index (κ1) is 29.7. The predicted octanol–water partition coefficient (Wildman–Crippen LogP) is 4.15. The maximum Gasteiger partial charge on any atom is 0.290 e. The molecule has 13 heteroatoms. The van der Waals surface area contributed by atoms with Crippen molar-refractivity contribution in [3.8, 4) is 11.3 Å². The van der Waals surface area contributed by atoms with E-state index in [9.17, 15) is 17.2 Å². The first-order chi connectivity index (χ1) is 19.7. The molecule has 10 nitrogen and oxygen atoms in total. The van der Waals surface area contributed by atoms with Gasteiger partial charge in [-0.1, -0.05) is 43.3 Å². The zero-order valence-electron chi connectivity index (χ0n) is 22.2. The Balaban J connectivity index is 0.00000124. The van der Waals surface area contributed by atoms with Crippen LogP contribution in [0.5, 0.6) is 0 Å². The molecule has 4 N–H and O–H groups in total. The van der Waals surface area contributed by atoms with Crippen molar-refractivity contribution in [2.24, 2.45) is 0 Å². The lowest BCUT2D eigenvalue weighted by Gasteiger charge is -2.26. The smallest absolute Gasteiger partial charge is 0.290 e. The number of aromatic nitrogens is 3. The molecule has 1 aliphatic heterocycles. The van der Waals surface area contributed by atoms with Crippen molar-refractivity contribution in [3.63, 3.8) is 0 Å². The monoisotopic (exact) mass is 584 g/mol. The molecule has 0 saturated carbocycles. The van der Waals surface area contributed by atoms with Gasteiger partial charge in [-0.3, -0.25) is 9.52 Å². The molecule has 1 fully saturated rings. The number of alkyl halides is 1. The normalized spacial score (nSPS) is 16.9. The molecule has 0 aliphatic carbocycles.